The molecule has 0 saturated heterocycles. The van der Waals surface area contributed by atoms with Crippen molar-refractivity contribution < 1.29 is 14.7 Å². The van der Waals surface area contributed by atoms with Crippen molar-refractivity contribution in [2.75, 3.05) is 0 Å². The smallest absolute Gasteiger partial charge is 0.314 e. The van der Waals surface area contributed by atoms with Gasteiger partial charge >= 0.3 is 5.97 Å². The highest BCUT2D eigenvalue weighted by molar-refractivity contribution is 7.10. The largest absolute Gasteiger partial charge is 0.481 e. The first-order chi connectivity index (χ1) is 8.15. The lowest BCUT2D eigenvalue weighted by atomic mass is 9.72. The number of Topliss-reactive ketones (excluding diaryl/α,β-unsaturated/α-hetero) is 1. The molecule has 1 aliphatic rings. The van der Waals surface area contributed by atoms with Crippen molar-refractivity contribution in [1.82, 2.24) is 0 Å². The molecule has 0 aliphatic heterocycles. The molecule has 0 spiro atoms. The highest BCUT2D eigenvalue weighted by Crippen LogP contribution is 2.40. The first kappa shape index (κ1) is 13.6. The lowest BCUT2D eigenvalue weighted by Crippen LogP contribution is -2.39. The van der Waals surface area contributed by atoms with E-state index in [1.54, 1.807) is 0 Å². The van der Waals surface area contributed by atoms with E-state index in [-0.39, 0.29) is 5.78 Å². The molecule has 0 amide bonds. The maximum Gasteiger partial charge on any atom is 0.314 e. The molecule has 1 N–H and O–H groups in total. The molecular formula is C13H16O3S. The van der Waals surface area contributed by atoms with Gasteiger partial charge in [-0.2, -0.15) is 0 Å². The van der Waals surface area contributed by atoms with Crippen LogP contribution in [0.5, 0.6) is 0 Å². The van der Waals surface area contributed by atoms with Crippen LogP contribution in [-0.2, 0) is 15.0 Å². The summed E-state index contributed by atoms with van der Waals surface area (Å²) in [7, 11) is 0. The normalized spacial score (nSPS) is 18.0. The Labute approximate surface area is 105 Å². The number of carbonyl (C=O) groups excluding carboxylic acids is 1. The monoisotopic (exact) mass is 252 g/mol. The van der Waals surface area contributed by atoms with Crippen LogP contribution in [0.2, 0.25) is 0 Å². The molecule has 17 heavy (non-hydrogen) atoms. The molecule has 1 aromatic rings. The molecule has 1 saturated carbocycles. The Kier molecular flexibility index (Phi) is 4.63. The molecule has 0 unspecified atom stereocenters. The molecule has 2 rings (SSSR count). The summed E-state index contributed by atoms with van der Waals surface area (Å²) in [6, 6.07) is 3.72. The zero-order valence-corrected chi connectivity index (χ0v) is 10.5. The summed E-state index contributed by atoms with van der Waals surface area (Å²) in [4.78, 5) is 23.4. The number of hydrogen-bond donors (Lipinski definition) is 1. The van der Waals surface area contributed by atoms with Crippen LogP contribution < -0.4 is 0 Å². The van der Waals surface area contributed by atoms with E-state index in [0.29, 0.717) is 25.7 Å². The summed E-state index contributed by atoms with van der Waals surface area (Å²) >= 11 is 1.47. The van der Waals surface area contributed by atoms with E-state index >= 15 is 0 Å². The minimum absolute atomic E-state index is 0.184. The van der Waals surface area contributed by atoms with Crippen LogP contribution in [-0.4, -0.2) is 16.9 Å². The molecule has 1 aliphatic carbocycles. The lowest BCUT2D eigenvalue weighted by Gasteiger charge is -2.31. The first-order valence-corrected chi connectivity index (χ1v) is 6.32. The molecule has 3 nitrogen and oxygen atoms in total. The molecule has 4 heteroatoms. The number of carboxylic acid groups (broad SMARTS) is 1. The summed E-state index contributed by atoms with van der Waals surface area (Å²) in [6.45, 7) is 6.00. The van der Waals surface area contributed by atoms with Crippen molar-refractivity contribution in [3.8, 4) is 0 Å². The average Bonchev–Trinajstić information content (AvgIpc) is 2.87. The van der Waals surface area contributed by atoms with Crippen LogP contribution in [0.3, 0.4) is 0 Å². The summed E-state index contributed by atoms with van der Waals surface area (Å²) in [5, 5.41) is 11.2. The number of ketones is 1. The van der Waals surface area contributed by atoms with Gasteiger partial charge in [-0.1, -0.05) is 6.07 Å². The molecule has 0 radical (unpaired) electrons. The highest BCUT2D eigenvalue weighted by atomic mass is 32.1. The van der Waals surface area contributed by atoms with Gasteiger partial charge in [0.15, 0.2) is 0 Å². The number of thiophene rings is 1. The van der Waals surface area contributed by atoms with E-state index < -0.39 is 11.4 Å². The average molecular weight is 252 g/mol. The van der Waals surface area contributed by atoms with Crippen molar-refractivity contribution in [3.05, 3.63) is 35.5 Å². The number of rotatable bonds is 2. The third kappa shape index (κ3) is 2.64. The third-order valence-corrected chi connectivity index (χ3v) is 4.14. The van der Waals surface area contributed by atoms with Crippen LogP contribution in [0.25, 0.3) is 0 Å². The fourth-order valence-corrected chi connectivity index (χ4v) is 3.05. The highest BCUT2D eigenvalue weighted by Gasteiger charge is 2.43. The van der Waals surface area contributed by atoms with Gasteiger partial charge in [-0.3, -0.25) is 9.59 Å². The van der Waals surface area contributed by atoms with Gasteiger partial charge in [0.25, 0.3) is 0 Å². The fourth-order valence-electron chi connectivity index (χ4n) is 2.07. The molecule has 1 heterocycles. The van der Waals surface area contributed by atoms with Crippen LogP contribution in [0, 0.1) is 0 Å². The SMILES string of the molecule is C=C.O=C1CCC(C(=O)O)(c2cccs2)CC1. The fraction of sp³-hybridized carbons (Fsp3) is 0.385. The van der Waals surface area contributed by atoms with Gasteiger partial charge in [-0.15, -0.1) is 24.5 Å². The van der Waals surface area contributed by atoms with Gasteiger partial charge in [0.2, 0.25) is 0 Å². The van der Waals surface area contributed by atoms with Crippen LogP contribution >= 0.6 is 11.3 Å². The predicted octanol–water partition coefficient (Wildman–Crippen LogP) is 3.02. The van der Waals surface area contributed by atoms with Gasteiger partial charge < -0.3 is 5.11 Å². The summed E-state index contributed by atoms with van der Waals surface area (Å²) < 4.78 is 0. The Morgan fingerprint density at radius 1 is 1.35 bits per heavy atom. The van der Waals surface area contributed by atoms with Gasteiger partial charge in [-0.05, 0) is 24.3 Å². The maximum atomic E-state index is 11.4. The zero-order chi connectivity index (χ0) is 12.9. The van der Waals surface area contributed by atoms with Gasteiger partial charge in [0.1, 0.15) is 11.2 Å². The second kappa shape index (κ2) is 5.77. The number of aliphatic carboxylic acids is 1. The van der Waals surface area contributed by atoms with Crippen LogP contribution in [0.15, 0.2) is 30.7 Å². The van der Waals surface area contributed by atoms with Gasteiger partial charge in [-0.25, -0.2) is 0 Å². The van der Waals surface area contributed by atoms with E-state index in [4.69, 9.17) is 0 Å². The molecule has 0 aromatic carbocycles. The maximum absolute atomic E-state index is 11.4. The standard InChI is InChI=1S/C11H12O3S.C2H4/c12-8-3-5-11(6-4-8,10(13)14)9-2-1-7-15-9;1-2/h1-2,7H,3-6H2,(H,13,14);1-2H2. The zero-order valence-electron chi connectivity index (χ0n) is 9.65. The topological polar surface area (TPSA) is 54.4 Å². The number of carboxylic acids is 1. The van der Waals surface area contributed by atoms with E-state index in [1.165, 1.54) is 11.3 Å². The Morgan fingerprint density at radius 2 is 1.94 bits per heavy atom. The lowest BCUT2D eigenvalue weighted by molar-refractivity contribution is -0.145. The Balaban J connectivity index is 0.000000686. The molecule has 0 atom stereocenters. The van der Waals surface area contributed by atoms with Gasteiger partial charge in [0.05, 0.1) is 0 Å². The van der Waals surface area contributed by atoms with Crippen molar-refractivity contribution >= 4 is 23.1 Å². The second-order valence-electron chi connectivity index (χ2n) is 3.90. The van der Waals surface area contributed by atoms with Crippen molar-refractivity contribution in [2.45, 2.75) is 31.1 Å². The van der Waals surface area contributed by atoms with E-state index in [1.807, 2.05) is 17.5 Å². The summed E-state index contributed by atoms with van der Waals surface area (Å²) in [6.07, 6.45) is 1.68. The Morgan fingerprint density at radius 3 is 2.35 bits per heavy atom. The second-order valence-corrected chi connectivity index (χ2v) is 4.85. The van der Waals surface area contributed by atoms with Crippen LogP contribution in [0.4, 0.5) is 0 Å². The van der Waals surface area contributed by atoms with E-state index in [9.17, 15) is 14.7 Å². The van der Waals surface area contributed by atoms with Crippen molar-refractivity contribution in [2.24, 2.45) is 0 Å². The minimum atomic E-state index is -0.803. The predicted molar refractivity (Wildman–Crippen MR) is 68.4 cm³/mol. The molecule has 0 bridgehead atoms. The van der Waals surface area contributed by atoms with Gasteiger partial charge in [0, 0.05) is 17.7 Å². The Hall–Kier alpha value is -1.42. The quantitative estimate of drug-likeness (QED) is 0.823. The summed E-state index contributed by atoms with van der Waals surface area (Å²) in [5.41, 5.74) is -0.803. The van der Waals surface area contributed by atoms with E-state index in [2.05, 4.69) is 13.2 Å². The van der Waals surface area contributed by atoms with Crippen molar-refractivity contribution in [1.29, 1.82) is 0 Å². The Bertz CT molecular complexity index is 385. The number of carbonyl (C=O) groups is 2. The minimum Gasteiger partial charge on any atom is -0.481 e. The molecular weight excluding hydrogens is 236 g/mol. The molecule has 1 aromatic heterocycles. The molecule has 1 fully saturated rings. The first-order valence-electron chi connectivity index (χ1n) is 5.44. The third-order valence-electron chi connectivity index (χ3n) is 3.06. The summed E-state index contributed by atoms with van der Waals surface area (Å²) in [5.74, 6) is -0.610. The van der Waals surface area contributed by atoms with Crippen molar-refractivity contribution in [3.63, 3.8) is 0 Å². The number of hydrogen-bond acceptors (Lipinski definition) is 3. The van der Waals surface area contributed by atoms with E-state index in [0.717, 1.165) is 4.88 Å². The molecule has 92 valence electrons. The van der Waals surface area contributed by atoms with Crippen LogP contribution in [0.1, 0.15) is 30.6 Å².